The maximum Gasteiger partial charge on any atom is 0.303 e. The minimum atomic E-state index is -4.14. The lowest BCUT2D eigenvalue weighted by Gasteiger charge is -2.10. The second kappa shape index (κ2) is 9.09. The molecule has 34 heavy (non-hydrogen) atoms. The average molecular weight is 522 g/mol. The summed E-state index contributed by atoms with van der Waals surface area (Å²) in [5, 5.41) is 29.9. The van der Waals surface area contributed by atoms with Crippen molar-refractivity contribution in [2.75, 3.05) is 0 Å². The van der Waals surface area contributed by atoms with Gasteiger partial charge in [-0.25, -0.2) is 12.4 Å². The molecule has 0 fully saturated rings. The molecular formula is C23H17Cl2NO7S. The lowest BCUT2D eigenvalue weighted by molar-refractivity contribution is -0.136. The first-order valence-corrected chi connectivity index (χ1v) is 12.0. The summed E-state index contributed by atoms with van der Waals surface area (Å²) < 4.78 is 33.4. The summed E-state index contributed by atoms with van der Waals surface area (Å²) in [5.74, 6) is -1.27. The number of benzene rings is 3. The second-order valence-corrected chi connectivity index (χ2v) is 10.1. The summed E-state index contributed by atoms with van der Waals surface area (Å²) in [6.07, 6.45) is 1.09. The number of aryl methyl sites for hydroxylation is 1. The van der Waals surface area contributed by atoms with Gasteiger partial charge in [0.2, 0.25) is 0 Å². The quantitative estimate of drug-likeness (QED) is 0.277. The number of aromatic hydroxyl groups is 2. The Balaban J connectivity index is 1.71. The maximum absolute atomic E-state index is 13.4. The van der Waals surface area contributed by atoms with Crippen LogP contribution in [0.15, 0.2) is 65.7 Å². The Morgan fingerprint density at radius 1 is 0.912 bits per heavy atom. The third kappa shape index (κ3) is 4.77. The first kappa shape index (κ1) is 23.7. The minimum absolute atomic E-state index is 0.0353. The van der Waals surface area contributed by atoms with Crippen LogP contribution in [0.25, 0.3) is 10.9 Å². The second-order valence-electron chi connectivity index (χ2n) is 7.39. The molecular weight excluding hydrogens is 505 g/mol. The van der Waals surface area contributed by atoms with Crippen LogP contribution in [0.1, 0.15) is 12.0 Å². The zero-order chi connectivity index (χ0) is 24.6. The van der Waals surface area contributed by atoms with Crippen LogP contribution in [0.5, 0.6) is 23.0 Å². The molecule has 3 aromatic carbocycles. The number of aromatic nitrogens is 1. The topological polar surface area (TPSA) is 126 Å². The van der Waals surface area contributed by atoms with E-state index in [4.69, 9.17) is 33.0 Å². The highest BCUT2D eigenvalue weighted by atomic mass is 35.5. The van der Waals surface area contributed by atoms with Gasteiger partial charge in [0.15, 0.2) is 11.5 Å². The van der Waals surface area contributed by atoms with E-state index in [1.54, 1.807) is 18.2 Å². The van der Waals surface area contributed by atoms with Crippen molar-refractivity contribution in [2.24, 2.45) is 0 Å². The Hall–Kier alpha value is -3.40. The van der Waals surface area contributed by atoms with Gasteiger partial charge in [0.1, 0.15) is 11.5 Å². The van der Waals surface area contributed by atoms with Gasteiger partial charge in [-0.15, -0.1) is 0 Å². The predicted molar refractivity (Wildman–Crippen MR) is 127 cm³/mol. The van der Waals surface area contributed by atoms with Gasteiger partial charge in [-0.2, -0.15) is 0 Å². The van der Waals surface area contributed by atoms with Gasteiger partial charge < -0.3 is 20.1 Å². The number of carboxylic acids is 1. The largest absolute Gasteiger partial charge is 0.504 e. The normalized spacial score (nSPS) is 11.6. The number of phenols is 2. The van der Waals surface area contributed by atoms with Gasteiger partial charge in [0.05, 0.1) is 10.4 Å². The molecule has 3 N–H and O–H groups in total. The number of aliphatic carboxylic acids is 1. The molecule has 0 saturated heterocycles. The van der Waals surface area contributed by atoms with Crippen molar-refractivity contribution in [2.45, 2.75) is 17.7 Å². The van der Waals surface area contributed by atoms with E-state index < -0.39 is 27.5 Å². The van der Waals surface area contributed by atoms with Crippen LogP contribution in [-0.2, 0) is 21.2 Å². The summed E-state index contributed by atoms with van der Waals surface area (Å²) in [5.41, 5.74) is 0.499. The lowest BCUT2D eigenvalue weighted by atomic mass is 10.1. The summed E-state index contributed by atoms with van der Waals surface area (Å²) >= 11 is 11.9. The number of carboxylic acid groups (broad SMARTS) is 1. The van der Waals surface area contributed by atoms with Crippen molar-refractivity contribution >= 4 is 50.1 Å². The van der Waals surface area contributed by atoms with E-state index in [2.05, 4.69) is 0 Å². The highest BCUT2D eigenvalue weighted by Gasteiger charge is 2.23. The molecule has 0 saturated carbocycles. The van der Waals surface area contributed by atoms with Crippen LogP contribution in [-0.4, -0.2) is 33.7 Å². The van der Waals surface area contributed by atoms with Crippen molar-refractivity contribution in [1.82, 2.24) is 3.97 Å². The van der Waals surface area contributed by atoms with E-state index in [0.29, 0.717) is 32.5 Å². The molecule has 0 radical (unpaired) electrons. The van der Waals surface area contributed by atoms with Crippen molar-refractivity contribution < 1.29 is 33.3 Å². The molecule has 0 aliphatic heterocycles. The van der Waals surface area contributed by atoms with Crippen molar-refractivity contribution in [3.8, 4) is 23.0 Å². The number of rotatable bonds is 7. The first-order chi connectivity index (χ1) is 16.0. The minimum Gasteiger partial charge on any atom is -0.504 e. The summed E-state index contributed by atoms with van der Waals surface area (Å²) in [6.45, 7) is 0. The Kier molecular flexibility index (Phi) is 6.35. The van der Waals surface area contributed by atoms with Crippen LogP contribution < -0.4 is 4.74 Å². The third-order valence-electron chi connectivity index (χ3n) is 5.01. The number of hydrogen-bond acceptors (Lipinski definition) is 6. The van der Waals surface area contributed by atoms with Crippen LogP contribution in [0, 0.1) is 0 Å². The van der Waals surface area contributed by atoms with E-state index in [1.807, 2.05) is 0 Å². The van der Waals surface area contributed by atoms with Gasteiger partial charge in [0, 0.05) is 34.1 Å². The molecule has 1 aromatic heterocycles. The molecule has 8 nitrogen and oxygen atoms in total. The molecule has 0 spiro atoms. The van der Waals surface area contributed by atoms with E-state index in [9.17, 15) is 23.4 Å². The number of carbonyl (C=O) groups is 1. The standard InChI is InChI=1S/C23H17Cl2NO7S/c24-14-7-15(25)9-17(8-14)33-16-2-4-18(5-3-16)34(31,32)26-12-13(1-6-23(29)30)19-10-21(27)22(28)11-20(19)26/h2-5,7-12,27-28H,1,6H2,(H,29,30). The SMILES string of the molecule is O=C(O)CCc1cn(S(=O)(=O)c2ccc(Oc3cc(Cl)cc(Cl)c3)cc2)c2cc(O)c(O)cc12. The van der Waals surface area contributed by atoms with Crippen LogP contribution >= 0.6 is 23.2 Å². The number of ether oxygens (including phenoxy) is 1. The highest BCUT2D eigenvalue weighted by Crippen LogP contribution is 2.36. The monoisotopic (exact) mass is 521 g/mol. The maximum atomic E-state index is 13.4. The molecule has 4 aromatic rings. The number of nitrogens with zero attached hydrogens (tertiary/aromatic N) is 1. The van der Waals surface area contributed by atoms with E-state index >= 15 is 0 Å². The smallest absolute Gasteiger partial charge is 0.303 e. The van der Waals surface area contributed by atoms with E-state index in [0.717, 1.165) is 10.0 Å². The Morgan fingerprint density at radius 3 is 2.15 bits per heavy atom. The Morgan fingerprint density at radius 2 is 1.53 bits per heavy atom. The van der Waals surface area contributed by atoms with Crippen molar-refractivity contribution in [3.05, 3.63) is 76.4 Å². The number of fused-ring (bicyclic) bond motifs is 1. The number of hydrogen-bond donors (Lipinski definition) is 3. The van der Waals surface area contributed by atoms with Crippen molar-refractivity contribution in [3.63, 3.8) is 0 Å². The van der Waals surface area contributed by atoms with Gasteiger partial charge in [0.25, 0.3) is 10.0 Å². The highest BCUT2D eigenvalue weighted by molar-refractivity contribution is 7.90. The van der Waals surface area contributed by atoms with Gasteiger partial charge in [-0.05, 0) is 60.5 Å². The fourth-order valence-corrected chi connectivity index (χ4v) is 5.33. The lowest BCUT2D eigenvalue weighted by Crippen LogP contribution is -2.11. The van der Waals surface area contributed by atoms with Crippen LogP contribution in [0.3, 0.4) is 0 Å². The molecule has 0 bridgehead atoms. The molecule has 4 rings (SSSR count). The third-order valence-corrected chi connectivity index (χ3v) is 7.13. The first-order valence-electron chi connectivity index (χ1n) is 9.82. The molecule has 176 valence electrons. The molecule has 0 aliphatic carbocycles. The van der Waals surface area contributed by atoms with E-state index in [1.165, 1.54) is 36.5 Å². The zero-order valence-electron chi connectivity index (χ0n) is 17.3. The van der Waals surface area contributed by atoms with Gasteiger partial charge in [-0.3, -0.25) is 4.79 Å². The number of phenolic OH excluding ortho intramolecular Hbond substituents is 2. The molecule has 0 atom stereocenters. The zero-order valence-corrected chi connectivity index (χ0v) is 19.6. The molecule has 0 unspecified atom stereocenters. The predicted octanol–water partition coefficient (Wildman–Crippen LogP) is 5.41. The van der Waals surface area contributed by atoms with Crippen LogP contribution in [0.2, 0.25) is 10.0 Å². The summed E-state index contributed by atoms with van der Waals surface area (Å²) in [6, 6.07) is 12.6. The van der Waals surface area contributed by atoms with E-state index in [-0.39, 0.29) is 23.3 Å². The molecule has 11 heteroatoms. The van der Waals surface area contributed by atoms with Gasteiger partial charge >= 0.3 is 5.97 Å². The molecule has 0 amide bonds. The van der Waals surface area contributed by atoms with Gasteiger partial charge in [-0.1, -0.05) is 23.2 Å². The summed E-state index contributed by atoms with van der Waals surface area (Å²) in [7, 11) is -4.14. The fourth-order valence-electron chi connectivity index (χ4n) is 3.44. The van der Waals surface area contributed by atoms with Crippen LogP contribution in [0.4, 0.5) is 0 Å². The fraction of sp³-hybridized carbons (Fsp3) is 0.0870. The Labute approximate surface area is 204 Å². The average Bonchev–Trinajstić information content (AvgIpc) is 3.10. The molecule has 1 heterocycles. The number of halogens is 2. The van der Waals surface area contributed by atoms with Crippen molar-refractivity contribution in [1.29, 1.82) is 0 Å². The Bertz CT molecular complexity index is 1490. The molecule has 0 aliphatic rings. The summed E-state index contributed by atoms with van der Waals surface area (Å²) in [4.78, 5) is 10.9.